The Labute approximate surface area is 192 Å². The molecule has 5 nitrogen and oxygen atoms in total. The van der Waals surface area contributed by atoms with Crippen LogP contribution in [-0.2, 0) is 14.9 Å². The number of carbonyl (C=O) groups is 1. The van der Waals surface area contributed by atoms with Gasteiger partial charge in [-0.25, -0.2) is 0 Å². The first-order valence-corrected chi connectivity index (χ1v) is 14.4. The highest BCUT2D eigenvalue weighted by Crippen LogP contribution is 2.12. The number of amides is 1. The minimum absolute atomic E-state index is 0.0332. The average Bonchev–Trinajstić information content (AvgIpc) is 2.72. The number of allylic oxidation sites excluding steroid dienone is 2. The fourth-order valence-electron chi connectivity index (χ4n) is 3.63. The molecule has 0 unspecified atom stereocenters. The molecule has 0 saturated heterocycles. The van der Waals surface area contributed by atoms with Crippen molar-refractivity contribution in [3.05, 3.63) is 12.2 Å². The Balaban J connectivity index is 3.24. The molecule has 0 aliphatic carbocycles. The summed E-state index contributed by atoms with van der Waals surface area (Å²) in [6.45, 7) is 2.57. The monoisotopic (exact) mass is 459 g/mol. The van der Waals surface area contributed by atoms with Crippen LogP contribution in [0, 0.1) is 0 Å². The number of unbranched alkanes of at least 4 members (excludes halogenated alkanes) is 15. The van der Waals surface area contributed by atoms with Crippen LogP contribution in [0.5, 0.6) is 0 Å². The van der Waals surface area contributed by atoms with E-state index in [-0.39, 0.29) is 18.1 Å². The molecular weight excluding hydrogens is 410 g/mol. The third kappa shape index (κ3) is 27.1. The Hall–Kier alpha value is -0.880. The molecule has 0 aromatic rings. The zero-order valence-corrected chi connectivity index (χ0v) is 20.9. The van der Waals surface area contributed by atoms with Crippen molar-refractivity contribution in [3.8, 4) is 0 Å². The molecule has 0 aromatic carbocycles. The van der Waals surface area contributed by atoms with Crippen molar-refractivity contribution < 1.29 is 17.8 Å². The molecule has 1 amide bonds. The van der Waals surface area contributed by atoms with Crippen molar-refractivity contribution in [2.24, 2.45) is 0 Å². The lowest BCUT2D eigenvalue weighted by atomic mass is 10.1. The van der Waals surface area contributed by atoms with E-state index in [2.05, 4.69) is 24.4 Å². The van der Waals surface area contributed by atoms with Crippen LogP contribution in [0.15, 0.2) is 12.2 Å². The lowest BCUT2D eigenvalue weighted by molar-refractivity contribution is -0.121. The zero-order chi connectivity index (χ0) is 23.0. The van der Waals surface area contributed by atoms with Gasteiger partial charge in [-0.2, -0.15) is 8.42 Å². The Kier molecular flexibility index (Phi) is 21.7. The molecule has 184 valence electrons. The van der Waals surface area contributed by atoms with E-state index in [0.717, 1.165) is 12.8 Å². The normalized spacial score (nSPS) is 11.9. The third-order valence-electron chi connectivity index (χ3n) is 5.57. The van der Waals surface area contributed by atoms with Gasteiger partial charge in [-0.15, -0.1) is 0 Å². The SMILES string of the molecule is CCCCCCCCCC/C=C/CCCCCCCCCC(=O)NCCCS(=O)(=O)O. The molecule has 6 heteroatoms. The molecular formula is C25H49NO4S. The van der Waals surface area contributed by atoms with Gasteiger partial charge in [0, 0.05) is 13.0 Å². The smallest absolute Gasteiger partial charge is 0.264 e. The minimum atomic E-state index is -3.92. The summed E-state index contributed by atoms with van der Waals surface area (Å²) in [5.74, 6) is -0.336. The van der Waals surface area contributed by atoms with Crippen molar-refractivity contribution in [2.75, 3.05) is 12.3 Å². The van der Waals surface area contributed by atoms with E-state index in [9.17, 15) is 13.2 Å². The second-order valence-corrected chi connectivity index (χ2v) is 10.3. The van der Waals surface area contributed by atoms with Gasteiger partial charge in [0.25, 0.3) is 10.1 Å². The predicted octanol–water partition coefficient (Wildman–Crippen LogP) is 6.98. The molecule has 31 heavy (non-hydrogen) atoms. The molecule has 0 fully saturated rings. The Morgan fingerprint density at radius 1 is 0.710 bits per heavy atom. The Morgan fingerprint density at radius 2 is 1.16 bits per heavy atom. The highest BCUT2D eigenvalue weighted by Gasteiger charge is 2.05. The van der Waals surface area contributed by atoms with Crippen LogP contribution >= 0.6 is 0 Å². The maximum absolute atomic E-state index is 11.6. The van der Waals surface area contributed by atoms with Crippen LogP contribution in [0.1, 0.15) is 129 Å². The first-order valence-electron chi connectivity index (χ1n) is 12.8. The molecule has 2 N–H and O–H groups in total. The first-order chi connectivity index (χ1) is 15.0. The molecule has 0 saturated carbocycles. The fourth-order valence-corrected chi connectivity index (χ4v) is 4.14. The summed E-state index contributed by atoms with van der Waals surface area (Å²) in [7, 11) is -3.92. The van der Waals surface area contributed by atoms with Crippen LogP contribution in [0.25, 0.3) is 0 Å². The largest absolute Gasteiger partial charge is 0.356 e. The van der Waals surface area contributed by atoms with Crippen LogP contribution in [0.3, 0.4) is 0 Å². The Bertz CT molecular complexity index is 532. The number of hydrogen-bond donors (Lipinski definition) is 2. The average molecular weight is 460 g/mol. The Morgan fingerprint density at radius 3 is 1.65 bits per heavy atom. The van der Waals surface area contributed by atoms with Gasteiger partial charge in [0.05, 0.1) is 5.75 Å². The van der Waals surface area contributed by atoms with E-state index in [1.54, 1.807) is 0 Å². The number of carbonyl (C=O) groups excluding carboxylic acids is 1. The van der Waals surface area contributed by atoms with E-state index in [0.29, 0.717) is 13.0 Å². The molecule has 0 aromatic heterocycles. The van der Waals surface area contributed by atoms with Gasteiger partial charge < -0.3 is 5.32 Å². The van der Waals surface area contributed by atoms with E-state index >= 15 is 0 Å². The molecule has 0 rings (SSSR count). The van der Waals surface area contributed by atoms with Crippen LogP contribution in [0.4, 0.5) is 0 Å². The fraction of sp³-hybridized carbons (Fsp3) is 0.880. The maximum Gasteiger partial charge on any atom is 0.264 e. The highest BCUT2D eigenvalue weighted by molar-refractivity contribution is 7.85. The van der Waals surface area contributed by atoms with Crippen molar-refractivity contribution >= 4 is 16.0 Å². The van der Waals surface area contributed by atoms with Gasteiger partial charge in [-0.3, -0.25) is 9.35 Å². The van der Waals surface area contributed by atoms with Crippen molar-refractivity contribution in [1.82, 2.24) is 5.32 Å². The molecule has 0 bridgehead atoms. The van der Waals surface area contributed by atoms with Crippen molar-refractivity contribution in [3.63, 3.8) is 0 Å². The number of rotatable bonds is 23. The molecule has 0 atom stereocenters. The lowest BCUT2D eigenvalue weighted by Crippen LogP contribution is -2.25. The van der Waals surface area contributed by atoms with Crippen molar-refractivity contribution in [1.29, 1.82) is 0 Å². The van der Waals surface area contributed by atoms with Crippen LogP contribution in [-0.4, -0.2) is 31.2 Å². The summed E-state index contributed by atoms with van der Waals surface area (Å²) < 4.78 is 29.8. The first kappa shape index (κ1) is 30.1. The van der Waals surface area contributed by atoms with E-state index < -0.39 is 10.1 Å². The quantitative estimate of drug-likeness (QED) is 0.0980. The minimum Gasteiger partial charge on any atom is -0.356 e. The van der Waals surface area contributed by atoms with E-state index in [1.807, 2.05) is 0 Å². The number of hydrogen-bond acceptors (Lipinski definition) is 3. The number of nitrogens with one attached hydrogen (secondary N) is 1. The molecule has 0 aliphatic heterocycles. The predicted molar refractivity (Wildman–Crippen MR) is 132 cm³/mol. The maximum atomic E-state index is 11.6. The van der Waals surface area contributed by atoms with Crippen LogP contribution in [0.2, 0.25) is 0 Å². The van der Waals surface area contributed by atoms with Gasteiger partial charge in [0.2, 0.25) is 5.91 Å². The summed E-state index contributed by atoms with van der Waals surface area (Å²) in [5.41, 5.74) is 0. The topological polar surface area (TPSA) is 83.5 Å². The van der Waals surface area contributed by atoms with Gasteiger partial charge in [0.1, 0.15) is 0 Å². The standard InChI is InChI=1S/C25H49NO4S/c1-2-3-4-5-6-7-8-9-10-11-12-13-14-15-16-17-18-19-20-22-25(27)26-23-21-24-31(28,29)30/h11-12H,2-10,13-24H2,1H3,(H,26,27)(H,28,29,30)/b12-11+. The van der Waals surface area contributed by atoms with E-state index in [4.69, 9.17) is 4.55 Å². The van der Waals surface area contributed by atoms with Crippen LogP contribution < -0.4 is 5.32 Å². The zero-order valence-electron chi connectivity index (χ0n) is 20.1. The lowest BCUT2D eigenvalue weighted by Gasteiger charge is -2.04. The summed E-state index contributed by atoms with van der Waals surface area (Å²) in [6, 6.07) is 0. The molecule has 0 spiro atoms. The van der Waals surface area contributed by atoms with Gasteiger partial charge >= 0.3 is 0 Å². The van der Waals surface area contributed by atoms with Gasteiger partial charge in [0.15, 0.2) is 0 Å². The summed E-state index contributed by atoms with van der Waals surface area (Å²) in [6.07, 6.45) is 27.2. The summed E-state index contributed by atoms with van der Waals surface area (Å²) in [4.78, 5) is 11.6. The van der Waals surface area contributed by atoms with Gasteiger partial charge in [-0.05, 0) is 38.5 Å². The van der Waals surface area contributed by atoms with Crippen molar-refractivity contribution in [2.45, 2.75) is 129 Å². The summed E-state index contributed by atoms with van der Waals surface area (Å²) in [5, 5.41) is 2.69. The summed E-state index contributed by atoms with van der Waals surface area (Å²) >= 11 is 0. The highest BCUT2D eigenvalue weighted by atomic mass is 32.2. The molecule has 0 aliphatic rings. The van der Waals surface area contributed by atoms with Gasteiger partial charge in [-0.1, -0.05) is 96.1 Å². The third-order valence-corrected chi connectivity index (χ3v) is 6.37. The molecule has 0 radical (unpaired) electrons. The van der Waals surface area contributed by atoms with E-state index in [1.165, 1.54) is 96.3 Å². The molecule has 0 heterocycles. The second-order valence-electron chi connectivity index (χ2n) is 8.74. The second kappa shape index (κ2) is 22.3.